The summed E-state index contributed by atoms with van der Waals surface area (Å²) in [5, 5.41) is 0. The summed E-state index contributed by atoms with van der Waals surface area (Å²) in [5.74, 6) is 0. The second-order valence-electron chi connectivity index (χ2n) is 6.07. The van der Waals surface area contributed by atoms with Gasteiger partial charge in [0.1, 0.15) is 0 Å². The fraction of sp³-hybridized carbons (Fsp3) is 0.600. The predicted octanol–water partition coefficient (Wildman–Crippen LogP) is 0.928. The van der Waals surface area contributed by atoms with Gasteiger partial charge in [-0.25, -0.2) is 21.6 Å². The van der Waals surface area contributed by atoms with Gasteiger partial charge in [-0.2, -0.15) is 4.31 Å². The third-order valence-electron chi connectivity index (χ3n) is 4.36. The molecule has 0 spiro atoms. The second-order valence-corrected chi connectivity index (χ2v) is 9.77. The number of ether oxygens (including phenoxy) is 1. The lowest BCUT2D eigenvalue weighted by molar-refractivity contribution is 0.114. The molecule has 3 rings (SSSR count). The van der Waals surface area contributed by atoms with Crippen molar-refractivity contribution < 1.29 is 21.6 Å². The Morgan fingerprint density at radius 1 is 1.00 bits per heavy atom. The van der Waals surface area contributed by atoms with Crippen LogP contribution in [0.2, 0.25) is 0 Å². The van der Waals surface area contributed by atoms with E-state index < -0.39 is 20.0 Å². The van der Waals surface area contributed by atoms with E-state index in [0.29, 0.717) is 19.7 Å². The van der Waals surface area contributed by atoms with E-state index in [-0.39, 0.29) is 22.4 Å². The summed E-state index contributed by atoms with van der Waals surface area (Å²) in [7, 11) is -7.20. The fourth-order valence-corrected chi connectivity index (χ4v) is 5.54. The number of hydrogen-bond donors (Lipinski definition) is 1. The highest BCUT2D eigenvalue weighted by Gasteiger charge is 2.27. The minimum absolute atomic E-state index is 0.0564. The Bertz CT molecular complexity index is 763. The lowest BCUT2D eigenvalue weighted by atomic mass is 10.2. The molecule has 1 atom stereocenters. The van der Waals surface area contributed by atoms with Crippen LogP contribution in [0.5, 0.6) is 0 Å². The van der Waals surface area contributed by atoms with Crippen LogP contribution in [0.15, 0.2) is 34.1 Å². The molecule has 1 N–H and O–H groups in total. The average Bonchev–Trinajstić information content (AvgIpc) is 3.27. The van der Waals surface area contributed by atoms with Crippen LogP contribution in [-0.4, -0.2) is 53.5 Å². The Kier molecular flexibility index (Phi) is 5.26. The molecule has 2 heterocycles. The normalized spacial score (nSPS) is 22.9. The smallest absolute Gasteiger partial charge is 0.243 e. The molecule has 0 aromatic heterocycles. The second kappa shape index (κ2) is 7.09. The molecule has 0 amide bonds. The van der Waals surface area contributed by atoms with Gasteiger partial charge in [0.25, 0.3) is 0 Å². The van der Waals surface area contributed by atoms with Crippen LogP contribution >= 0.6 is 0 Å². The van der Waals surface area contributed by atoms with Gasteiger partial charge in [-0.3, -0.25) is 0 Å². The molecule has 0 unspecified atom stereocenters. The van der Waals surface area contributed by atoms with Crippen molar-refractivity contribution in [2.75, 3.05) is 26.2 Å². The molecule has 24 heavy (non-hydrogen) atoms. The summed E-state index contributed by atoms with van der Waals surface area (Å²) in [4.78, 5) is 0.184. The van der Waals surface area contributed by atoms with Crippen LogP contribution in [0.25, 0.3) is 0 Å². The number of rotatable bonds is 6. The maximum Gasteiger partial charge on any atom is 0.243 e. The first kappa shape index (κ1) is 17.8. The van der Waals surface area contributed by atoms with Gasteiger partial charge < -0.3 is 4.74 Å². The predicted molar refractivity (Wildman–Crippen MR) is 88.6 cm³/mol. The highest BCUT2D eigenvalue weighted by molar-refractivity contribution is 7.89. The molecule has 2 saturated heterocycles. The molecule has 0 saturated carbocycles. The quantitative estimate of drug-likeness (QED) is 0.800. The molecule has 134 valence electrons. The first-order valence-electron chi connectivity index (χ1n) is 8.11. The summed E-state index contributed by atoms with van der Waals surface area (Å²) in [6.07, 6.45) is 3.41. The van der Waals surface area contributed by atoms with Gasteiger partial charge in [0.2, 0.25) is 20.0 Å². The number of hydrogen-bond acceptors (Lipinski definition) is 5. The number of sulfonamides is 2. The standard InChI is InChI=1S/C15H22N2O5S2/c18-23(19,16-12-13-4-3-11-22-13)14-5-7-15(8-6-14)24(20,21)17-9-1-2-10-17/h5-8,13,16H,1-4,9-12H2/t13-/m0/s1. The van der Waals surface area contributed by atoms with Crippen LogP contribution in [-0.2, 0) is 24.8 Å². The van der Waals surface area contributed by atoms with Crippen molar-refractivity contribution in [3.63, 3.8) is 0 Å². The van der Waals surface area contributed by atoms with Crippen molar-refractivity contribution >= 4 is 20.0 Å². The van der Waals surface area contributed by atoms with Gasteiger partial charge >= 0.3 is 0 Å². The summed E-state index contributed by atoms with van der Waals surface area (Å²) in [6.45, 7) is 1.93. The van der Waals surface area contributed by atoms with Crippen LogP contribution in [0, 0.1) is 0 Å². The van der Waals surface area contributed by atoms with E-state index in [2.05, 4.69) is 4.72 Å². The van der Waals surface area contributed by atoms with Gasteiger partial charge in [0.15, 0.2) is 0 Å². The van der Waals surface area contributed by atoms with E-state index in [9.17, 15) is 16.8 Å². The molecule has 9 heteroatoms. The highest BCUT2D eigenvalue weighted by atomic mass is 32.2. The fourth-order valence-electron chi connectivity index (χ4n) is 2.96. The largest absolute Gasteiger partial charge is 0.377 e. The molecule has 1 aromatic rings. The van der Waals surface area contributed by atoms with Crippen molar-refractivity contribution in [3.05, 3.63) is 24.3 Å². The van der Waals surface area contributed by atoms with E-state index >= 15 is 0 Å². The first-order valence-corrected chi connectivity index (χ1v) is 11.0. The molecule has 2 aliphatic heterocycles. The molecular weight excluding hydrogens is 352 g/mol. The van der Waals surface area contributed by atoms with Crippen molar-refractivity contribution in [1.82, 2.24) is 9.03 Å². The lowest BCUT2D eigenvalue weighted by Crippen LogP contribution is -2.32. The van der Waals surface area contributed by atoms with E-state index in [1.54, 1.807) is 0 Å². The van der Waals surface area contributed by atoms with Crippen molar-refractivity contribution in [2.45, 2.75) is 41.6 Å². The zero-order valence-electron chi connectivity index (χ0n) is 13.3. The van der Waals surface area contributed by atoms with E-state index in [1.807, 2.05) is 0 Å². The van der Waals surface area contributed by atoms with Crippen molar-refractivity contribution in [3.8, 4) is 0 Å². The number of benzene rings is 1. The van der Waals surface area contributed by atoms with Crippen LogP contribution in [0.4, 0.5) is 0 Å². The molecule has 0 radical (unpaired) electrons. The number of nitrogens with one attached hydrogen (secondary N) is 1. The average molecular weight is 374 g/mol. The molecule has 2 fully saturated rings. The maximum absolute atomic E-state index is 12.4. The Hall–Kier alpha value is -1.00. The third-order valence-corrected chi connectivity index (χ3v) is 7.71. The minimum atomic E-state index is -3.67. The zero-order valence-corrected chi connectivity index (χ0v) is 15.0. The van der Waals surface area contributed by atoms with Crippen molar-refractivity contribution in [2.24, 2.45) is 0 Å². The van der Waals surface area contributed by atoms with Crippen LogP contribution in [0.3, 0.4) is 0 Å². The molecule has 7 nitrogen and oxygen atoms in total. The Morgan fingerprint density at radius 3 is 2.21 bits per heavy atom. The SMILES string of the molecule is O=S(=O)(NC[C@@H]1CCCO1)c1ccc(S(=O)(=O)N2CCCC2)cc1. The third kappa shape index (κ3) is 3.80. The van der Waals surface area contributed by atoms with Gasteiger partial charge in [-0.1, -0.05) is 0 Å². The summed E-state index contributed by atoms with van der Waals surface area (Å²) in [6, 6.07) is 5.38. The molecular formula is C15H22N2O5S2. The minimum Gasteiger partial charge on any atom is -0.377 e. The molecule has 0 aliphatic carbocycles. The lowest BCUT2D eigenvalue weighted by Gasteiger charge is -2.16. The molecule has 0 bridgehead atoms. The van der Waals surface area contributed by atoms with Gasteiger partial charge in [0, 0.05) is 26.2 Å². The zero-order chi connectivity index (χ0) is 17.2. The molecule has 1 aromatic carbocycles. The summed E-state index contributed by atoms with van der Waals surface area (Å²) >= 11 is 0. The topological polar surface area (TPSA) is 92.8 Å². The Labute approximate surface area is 143 Å². The van der Waals surface area contributed by atoms with E-state index in [0.717, 1.165) is 25.7 Å². The maximum atomic E-state index is 12.4. The van der Waals surface area contributed by atoms with Crippen LogP contribution in [0.1, 0.15) is 25.7 Å². The van der Waals surface area contributed by atoms with E-state index in [1.165, 1.54) is 28.6 Å². The Morgan fingerprint density at radius 2 is 1.62 bits per heavy atom. The Balaban J connectivity index is 1.71. The van der Waals surface area contributed by atoms with Gasteiger partial charge in [-0.05, 0) is 49.9 Å². The van der Waals surface area contributed by atoms with Gasteiger partial charge in [-0.15, -0.1) is 0 Å². The summed E-state index contributed by atoms with van der Waals surface area (Å²) < 4.78 is 58.8. The first-order chi connectivity index (χ1) is 11.4. The highest BCUT2D eigenvalue weighted by Crippen LogP contribution is 2.22. The van der Waals surface area contributed by atoms with Gasteiger partial charge in [0.05, 0.1) is 15.9 Å². The van der Waals surface area contributed by atoms with Crippen molar-refractivity contribution in [1.29, 1.82) is 0 Å². The van der Waals surface area contributed by atoms with Crippen LogP contribution < -0.4 is 4.72 Å². The molecule has 2 aliphatic rings. The monoisotopic (exact) mass is 374 g/mol. The summed E-state index contributed by atoms with van der Waals surface area (Å²) in [5.41, 5.74) is 0. The number of nitrogens with zero attached hydrogens (tertiary/aromatic N) is 1. The van der Waals surface area contributed by atoms with E-state index in [4.69, 9.17) is 4.74 Å².